The van der Waals surface area contributed by atoms with Crippen molar-refractivity contribution in [3.8, 4) is 11.5 Å². The number of benzene rings is 3. The van der Waals surface area contributed by atoms with Crippen LogP contribution < -0.4 is 5.43 Å². The molecule has 156 valence electrons. The van der Waals surface area contributed by atoms with Gasteiger partial charge < -0.3 is 14.8 Å². The number of amides is 1. The minimum Gasteiger partial charge on any atom is -0.508 e. The summed E-state index contributed by atoms with van der Waals surface area (Å²) < 4.78 is 1.88. The number of hydrazone groups is 1. The van der Waals surface area contributed by atoms with Gasteiger partial charge in [0, 0.05) is 16.5 Å². The zero-order valence-corrected chi connectivity index (χ0v) is 17.3. The lowest BCUT2D eigenvalue weighted by atomic mass is 10.2. The molecule has 0 saturated carbocycles. The molecule has 31 heavy (non-hydrogen) atoms. The van der Waals surface area contributed by atoms with Crippen molar-refractivity contribution >= 4 is 34.9 Å². The summed E-state index contributed by atoms with van der Waals surface area (Å²) in [5.74, 6) is 0.927. The topological polar surface area (TPSA) is 99.7 Å². The van der Waals surface area contributed by atoms with Crippen molar-refractivity contribution in [2.24, 2.45) is 5.10 Å². The van der Waals surface area contributed by atoms with Gasteiger partial charge in [0.15, 0.2) is 0 Å². The van der Waals surface area contributed by atoms with Gasteiger partial charge in [0.25, 0.3) is 5.91 Å². The zero-order chi connectivity index (χ0) is 21.6. The van der Waals surface area contributed by atoms with Gasteiger partial charge in [-0.15, -0.1) is 11.8 Å². The fourth-order valence-electron chi connectivity index (χ4n) is 3.07. The molecule has 0 bridgehead atoms. The maximum atomic E-state index is 12.5. The van der Waals surface area contributed by atoms with E-state index in [1.807, 2.05) is 59.2 Å². The van der Waals surface area contributed by atoms with Gasteiger partial charge in [-0.3, -0.25) is 4.79 Å². The van der Waals surface area contributed by atoms with Crippen molar-refractivity contribution in [1.29, 1.82) is 0 Å². The average Bonchev–Trinajstić information content (AvgIpc) is 3.12. The van der Waals surface area contributed by atoms with Crippen LogP contribution in [0.15, 0.2) is 82.8 Å². The number of thioether (sulfide) groups is 1. The highest BCUT2D eigenvalue weighted by molar-refractivity contribution is 7.98. The number of fused-ring (bicyclic) bond motifs is 1. The van der Waals surface area contributed by atoms with Crippen LogP contribution in [-0.4, -0.2) is 31.9 Å². The molecule has 0 radical (unpaired) electrons. The molecule has 0 aliphatic carbocycles. The number of phenolic OH excluding ortho intramolecular Hbond substituents is 2. The van der Waals surface area contributed by atoms with Crippen LogP contribution in [0.2, 0.25) is 0 Å². The number of nitrogens with one attached hydrogen (secondary N) is 1. The van der Waals surface area contributed by atoms with E-state index in [0.717, 1.165) is 21.8 Å². The molecule has 0 atom stereocenters. The van der Waals surface area contributed by atoms with Crippen LogP contribution in [0.5, 0.6) is 11.5 Å². The van der Waals surface area contributed by atoms with Crippen molar-refractivity contribution < 1.29 is 15.0 Å². The molecular formula is C23H20N4O3S. The van der Waals surface area contributed by atoms with Crippen molar-refractivity contribution in [1.82, 2.24) is 15.0 Å². The molecule has 0 aliphatic heterocycles. The van der Waals surface area contributed by atoms with Gasteiger partial charge in [-0.2, -0.15) is 5.10 Å². The van der Waals surface area contributed by atoms with Crippen LogP contribution in [0.3, 0.4) is 0 Å². The normalized spacial score (nSPS) is 11.2. The van der Waals surface area contributed by atoms with Gasteiger partial charge in [0.05, 0.1) is 23.0 Å². The molecule has 8 heteroatoms. The molecule has 0 aliphatic rings. The summed E-state index contributed by atoms with van der Waals surface area (Å²) in [5.41, 5.74) is 4.57. The molecule has 3 N–H and O–H groups in total. The van der Waals surface area contributed by atoms with E-state index in [9.17, 15) is 15.0 Å². The van der Waals surface area contributed by atoms with Crippen molar-refractivity contribution in [2.75, 3.05) is 0 Å². The average molecular weight is 433 g/mol. The summed E-state index contributed by atoms with van der Waals surface area (Å²) in [7, 11) is 0. The van der Waals surface area contributed by atoms with Gasteiger partial charge in [-0.1, -0.05) is 30.3 Å². The maximum Gasteiger partial charge on any atom is 0.260 e. The lowest BCUT2D eigenvalue weighted by Gasteiger charge is -2.08. The number of phenols is 2. The number of aromatic nitrogens is 2. The Hall–Kier alpha value is -3.78. The van der Waals surface area contributed by atoms with Gasteiger partial charge >= 0.3 is 0 Å². The SMILES string of the molecule is O=C(Cn1c(CSc2ccccc2)nc2ccccc21)N/N=C/c1ccc(O)cc1O. The number of para-hydroxylation sites is 2. The van der Waals surface area contributed by atoms with Crippen molar-refractivity contribution in [3.05, 3.63) is 84.2 Å². The molecule has 1 amide bonds. The van der Waals surface area contributed by atoms with Gasteiger partial charge in [0.1, 0.15) is 23.9 Å². The van der Waals surface area contributed by atoms with Crippen molar-refractivity contribution in [2.45, 2.75) is 17.2 Å². The van der Waals surface area contributed by atoms with Crippen LogP contribution in [0.25, 0.3) is 11.0 Å². The van der Waals surface area contributed by atoms with Gasteiger partial charge in [-0.25, -0.2) is 10.4 Å². The first-order valence-electron chi connectivity index (χ1n) is 9.56. The predicted octanol–water partition coefficient (Wildman–Crippen LogP) is 3.89. The van der Waals surface area contributed by atoms with Crippen LogP contribution >= 0.6 is 11.8 Å². The molecule has 0 saturated heterocycles. The standard InChI is InChI=1S/C23H20N4O3S/c28-17-11-10-16(21(29)12-17)13-24-26-23(30)14-27-20-9-5-4-8-19(20)25-22(27)15-31-18-6-2-1-3-7-18/h1-13,28-29H,14-15H2,(H,26,30)/b24-13+. The number of nitrogens with zero attached hydrogens (tertiary/aromatic N) is 3. The van der Waals surface area contributed by atoms with E-state index in [4.69, 9.17) is 4.98 Å². The molecule has 7 nitrogen and oxygen atoms in total. The number of rotatable bonds is 7. The Morgan fingerprint density at radius 3 is 2.65 bits per heavy atom. The molecular weight excluding hydrogens is 412 g/mol. The van der Waals surface area contributed by atoms with Crippen LogP contribution in [0.4, 0.5) is 0 Å². The quantitative estimate of drug-likeness (QED) is 0.234. The lowest BCUT2D eigenvalue weighted by Crippen LogP contribution is -2.24. The Kier molecular flexibility index (Phi) is 6.18. The minimum atomic E-state index is -0.316. The Morgan fingerprint density at radius 2 is 1.84 bits per heavy atom. The number of carbonyl (C=O) groups is 1. The van der Waals surface area contributed by atoms with Crippen LogP contribution in [0.1, 0.15) is 11.4 Å². The smallest absolute Gasteiger partial charge is 0.260 e. The number of carbonyl (C=O) groups excluding carboxylic acids is 1. The second-order valence-corrected chi connectivity index (χ2v) is 7.79. The largest absolute Gasteiger partial charge is 0.508 e. The second-order valence-electron chi connectivity index (χ2n) is 6.74. The zero-order valence-electron chi connectivity index (χ0n) is 16.5. The van der Waals surface area contributed by atoms with Gasteiger partial charge in [-0.05, 0) is 36.4 Å². The van der Waals surface area contributed by atoms with Crippen molar-refractivity contribution in [3.63, 3.8) is 0 Å². The molecule has 3 aromatic carbocycles. The van der Waals surface area contributed by atoms with E-state index in [1.165, 1.54) is 24.4 Å². The molecule has 0 unspecified atom stereocenters. The molecule has 1 heterocycles. The lowest BCUT2D eigenvalue weighted by molar-refractivity contribution is -0.121. The van der Waals surface area contributed by atoms with E-state index in [0.29, 0.717) is 11.3 Å². The number of imidazole rings is 1. The fourth-order valence-corrected chi connectivity index (χ4v) is 3.94. The van der Waals surface area contributed by atoms with E-state index in [-0.39, 0.29) is 24.0 Å². The summed E-state index contributed by atoms with van der Waals surface area (Å²) in [6.45, 7) is 0.0596. The minimum absolute atomic E-state index is 0.0495. The van der Waals surface area contributed by atoms with Gasteiger partial charge in [0.2, 0.25) is 0 Å². The van der Waals surface area contributed by atoms with E-state index in [2.05, 4.69) is 10.5 Å². The fraction of sp³-hybridized carbons (Fsp3) is 0.0870. The molecule has 0 spiro atoms. The number of hydrogen-bond acceptors (Lipinski definition) is 6. The van der Waals surface area contributed by atoms with E-state index >= 15 is 0 Å². The molecule has 1 aromatic heterocycles. The molecule has 4 rings (SSSR count). The number of hydrogen-bond donors (Lipinski definition) is 3. The van der Waals surface area contributed by atoms with E-state index in [1.54, 1.807) is 11.8 Å². The summed E-state index contributed by atoms with van der Waals surface area (Å²) in [6.07, 6.45) is 1.32. The highest BCUT2D eigenvalue weighted by Gasteiger charge is 2.13. The van der Waals surface area contributed by atoms with Crippen LogP contribution in [0, 0.1) is 0 Å². The Bertz CT molecular complexity index is 1240. The highest BCUT2D eigenvalue weighted by Crippen LogP contribution is 2.25. The third kappa shape index (κ3) is 5.04. The summed E-state index contributed by atoms with van der Waals surface area (Å²) in [6, 6.07) is 21.9. The first-order chi connectivity index (χ1) is 15.1. The Balaban J connectivity index is 1.48. The summed E-state index contributed by atoms with van der Waals surface area (Å²) in [4.78, 5) is 18.4. The summed E-state index contributed by atoms with van der Waals surface area (Å²) in [5, 5.41) is 23.0. The Morgan fingerprint density at radius 1 is 1.06 bits per heavy atom. The van der Waals surface area contributed by atoms with Crippen LogP contribution in [-0.2, 0) is 17.1 Å². The molecule has 0 fully saturated rings. The summed E-state index contributed by atoms with van der Waals surface area (Å²) >= 11 is 1.66. The highest BCUT2D eigenvalue weighted by atomic mass is 32.2. The first kappa shape index (κ1) is 20.5. The monoisotopic (exact) mass is 432 g/mol. The second kappa shape index (κ2) is 9.36. The Labute approximate surface area is 183 Å². The first-order valence-corrected chi connectivity index (χ1v) is 10.5. The molecule has 4 aromatic rings. The third-order valence-corrected chi connectivity index (χ3v) is 5.56. The third-order valence-electron chi connectivity index (χ3n) is 4.55. The predicted molar refractivity (Wildman–Crippen MR) is 121 cm³/mol. The maximum absolute atomic E-state index is 12.5. The number of aromatic hydroxyl groups is 2. The van der Waals surface area contributed by atoms with E-state index < -0.39 is 0 Å².